The Bertz CT molecular complexity index is 946. The lowest BCUT2D eigenvalue weighted by atomic mass is 10.2. The first kappa shape index (κ1) is 19.2. The van der Waals surface area contributed by atoms with Crippen LogP contribution in [0.15, 0.2) is 47.4 Å². The SMILES string of the molecule is O=C(NN1C(=O)/C(=C/c2ccc(Cl)c(Cl)c2)SC1=S)c1ccc(Cl)cc1. The molecule has 0 radical (unpaired) electrons. The molecule has 1 N–H and O–H groups in total. The van der Waals surface area contributed by atoms with Gasteiger partial charge in [0.15, 0.2) is 4.32 Å². The number of nitrogens with zero attached hydrogens (tertiary/aromatic N) is 1. The normalized spacial score (nSPS) is 15.7. The first-order valence-electron chi connectivity index (χ1n) is 7.15. The Morgan fingerprint density at radius 1 is 1.08 bits per heavy atom. The van der Waals surface area contributed by atoms with Crippen LogP contribution in [0.5, 0.6) is 0 Å². The van der Waals surface area contributed by atoms with Crippen molar-refractivity contribution in [1.82, 2.24) is 10.4 Å². The lowest BCUT2D eigenvalue weighted by Crippen LogP contribution is -2.44. The number of nitrogens with one attached hydrogen (secondary N) is 1. The van der Waals surface area contributed by atoms with Crippen LogP contribution in [0.4, 0.5) is 0 Å². The summed E-state index contributed by atoms with van der Waals surface area (Å²) in [6.45, 7) is 0. The lowest BCUT2D eigenvalue weighted by Gasteiger charge is -2.15. The molecule has 2 aromatic carbocycles. The topological polar surface area (TPSA) is 49.4 Å². The van der Waals surface area contributed by atoms with Crippen LogP contribution in [0.1, 0.15) is 15.9 Å². The van der Waals surface area contributed by atoms with E-state index in [9.17, 15) is 9.59 Å². The minimum Gasteiger partial charge on any atom is -0.267 e. The van der Waals surface area contributed by atoms with Crippen molar-refractivity contribution in [3.05, 3.63) is 73.6 Å². The lowest BCUT2D eigenvalue weighted by molar-refractivity contribution is -0.123. The van der Waals surface area contributed by atoms with Gasteiger partial charge in [-0.25, -0.2) is 0 Å². The molecule has 0 aliphatic carbocycles. The number of thiocarbonyl (C=S) groups is 1. The van der Waals surface area contributed by atoms with E-state index >= 15 is 0 Å². The Balaban J connectivity index is 1.78. The summed E-state index contributed by atoms with van der Waals surface area (Å²) in [6, 6.07) is 11.3. The van der Waals surface area contributed by atoms with Crippen molar-refractivity contribution in [2.24, 2.45) is 0 Å². The van der Waals surface area contributed by atoms with Crippen molar-refractivity contribution in [2.75, 3.05) is 0 Å². The molecular weight excluding hydrogens is 435 g/mol. The van der Waals surface area contributed by atoms with E-state index in [1.807, 2.05) is 0 Å². The predicted molar refractivity (Wildman–Crippen MR) is 110 cm³/mol. The summed E-state index contributed by atoms with van der Waals surface area (Å²) < 4.78 is 0.226. The van der Waals surface area contributed by atoms with E-state index in [1.54, 1.807) is 48.5 Å². The zero-order valence-corrected chi connectivity index (χ0v) is 16.7. The molecule has 0 atom stereocenters. The molecule has 0 unspecified atom stereocenters. The van der Waals surface area contributed by atoms with E-state index in [-0.39, 0.29) is 4.32 Å². The van der Waals surface area contributed by atoms with Crippen LogP contribution in [-0.2, 0) is 4.79 Å². The fourth-order valence-corrected chi connectivity index (χ4v) is 3.70. The average Bonchev–Trinajstić information content (AvgIpc) is 2.86. The Morgan fingerprint density at radius 3 is 2.42 bits per heavy atom. The maximum atomic E-state index is 12.5. The van der Waals surface area contributed by atoms with E-state index in [0.717, 1.165) is 16.8 Å². The van der Waals surface area contributed by atoms with E-state index in [4.69, 9.17) is 47.0 Å². The van der Waals surface area contributed by atoms with Crippen molar-refractivity contribution in [3.63, 3.8) is 0 Å². The number of carbonyl (C=O) groups is 2. The molecule has 4 nitrogen and oxygen atoms in total. The maximum Gasteiger partial charge on any atom is 0.285 e. The minimum atomic E-state index is -0.464. The quantitative estimate of drug-likeness (QED) is 0.524. The summed E-state index contributed by atoms with van der Waals surface area (Å²) in [7, 11) is 0. The second-order valence-corrected chi connectivity index (χ2v) is 8.07. The molecule has 1 aliphatic heterocycles. The van der Waals surface area contributed by atoms with Gasteiger partial charge < -0.3 is 0 Å². The number of amides is 2. The first-order chi connectivity index (χ1) is 12.3. The average molecular weight is 444 g/mol. The first-order valence-corrected chi connectivity index (χ1v) is 9.50. The van der Waals surface area contributed by atoms with Gasteiger partial charge in [0.2, 0.25) is 0 Å². The van der Waals surface area contributed by atoms with Gasteiger partial charge in [-0.3, -0.25) is 15.0 Å². The zero-order chi connectivity index (χ0) is 18.8. The van der Waals surface area contributed by atoms with Crippen molar-refractivity contribution in [1.29, 1.82) is 0 Å². The molecule has 1 aliphatic rings. The number of hydrazine groups is 1. The van der Waals surface area contributed by atoms with Gasteiger partial charge in [0.05, 0.1) is 15.0 Å². The summed E-state index contributed by atoms with van der Waals surface area (Å²) in [4.78, 5) is 25.2. The summed E-state index contributed by atoms with van der Waals surface area (Å²) in [6.07, 6.45) is 1.63. The molecule has 1 heterocycles. The Morgan fingerprint density at radius 2 is 1.77 bits per heavy atom. The molecule has 9 heteroatoms. The molecule has 0 saturated carbocycles. The van der Waals surface area contributed by atoms with Gasteiger partial charge in [-0.1, -0.05) is 52.6 Å². The van der Waals surface area contributed by atoms with E-state index < -0.39 is 11.8 Å². The van der Waals surface area contributed by atoms with E-state index in [2.05, 4.69) is 5.43 Å². The highest BCUT2D eigenvalue weighted by atomic mass is 35.5. The molecule has 132 valence electrons. The summed E-state index contributed by atoms with van der Waals surface area (Å²) in [5.41, 5.74) is 3.56. The molecule has 0 bridgehead atoms. The van der Waals surface area contributed by atoms with Crippen LogP contribution in [0.3, 0.4) is 0 Å². The second-order valence-electron chi connectivity index (χ2n) is 5.14. The molecule has 2 amide bonds. The molecule has 3 rings (SSSR count). The number of hydrogen-bond donors (Lipinski definition) is 1. The standard InChI is InChI=1S/C17H9Cl3N2O2S2/c18-11-4-2-10(3-5-11)15(23)21-22-16(24)14(26-17(22)25)8-9-1-6-12(19)13(20)7-9/h1-8H,(H,21,23)/b14-8-. The number of hydrogen-bond acceptors (Lipinski definition) is 4. The van der Waals surface area contributed by atoms with Gasteiger partial charge in [-0.2, -0.15) is 5.01 Å². The van der Waals surface area contributed by atoms with Gasteiger partial charge in [0, 0.05) is 10.6 Å². The largest absolute Gasteiger partial charge is 0.285 e. The van der Waals surface area contributed by atoms with Crippen LogP contribution in [-0.4, -0.2) is 21.1 Å². The van der Waals surface area contributed by atoms with Crippen LogP contribution < -0.4 is 5.43 Å². The Kier molecular flexibility index (Phi) is 5.89. The monoisotopic (exact) mass is 442 g/mol. The van der Waals surface area contributed by atoms with Crippen molar-refractivity contribution in [3.8, 4) is 0 Å². The van der Waals surface area contributed by atoms with Crippen LogP contribution in [0.2, 0.25) is 15.1 Å². The van der Waals surface area contributed by atoms with Crippen LogP contribution in [0, 0.1) is 0 Å². The molecule has 0 spiro atoms. The van der Waals surface area contributed by atoms with Crippen LogP contribution >= 0.6 is 58.8 Å². The third kappa shape index (κ3) is 4.22. The third-order valence-corrected chi connectivity index (χ3v) is 5.65. The van der Waals surface area contributed by atoms with Crippen molar-refractivity contribution in [2.45, 2.75) is 0 Å². The number of rotatable bonds is 3. The highest BCUT2D eigenvalue weighted by Gasteiger charge is 2.33. The van der Waals surface area contributed by atoms with E-state index in [1.165, 1.54) is 0 Å². The molecule has 0 aromatic heterocycles. The fraction of sp³-hybridized carbons (Fsp3) is 0. The zero-order valence-electron chi connectivity index (χ0n) is 12.8. The second kappa shape index (κ2) is 7.98. The van der Waals surface area contributed by atoms with Crippen LogP contribution in [0.25, 0.3) is 6.08 Å². The maximum absolute atomic E-state index is 12.5. The predicted octanol–water partition coefficient (Wildman–Crippen LogP) is 5.19. The van der Waals surface area contributed by atoms with Crippen molar-refractivity contribution < 1.29 is 9.59 Å². The minimum absolute atomic E-state index is 0.226. The van der Waals surface area contributed by atoms with Gasteiger partial charge in [0.25, 0.3) is 11.8 Å². The Labute approximate surface area is 174 Å². The van der Waals surface area contributed by atoms with Crippen molar-refractivity contribution >= 4 is 81.0 Å². The number of carbonyl (C=O) groups excluding carboxylic acids is 2. The molecule has 2 aromatic rings. The highest BCUT2D eigenvalue weighted by Crippen LogP contribution is 2.32. The van der Waals surface area contributed by atoms with Gasteiger partial charge >= 0.3 is 0 Å². The molecular formula is C17H9Cl3N2O2S2. The fourth-order valence-electron chi connectivity index (χ4n) is 2.08. The summed E-state index contributed by atoms with van der Waals surface area (Å²) in [5, 5.41) is 2.36. The van der Waals surface area contributed by atoms with E-state index in [0.29, 0.717) is 31.1 Å². The Hall–Kier alpha value is -1.57. The molecule has 1 fully saturated rings. The number of halogens is 3. The third-order valence-electron chi connectivity index (χ3n) is 3.35. The number of thioether (sulfide) groups is 1. The highest BCUT2D eigenvalue weighted by molar-refractivity contribution is 8.26. The summed E-state index contributed by atoms with van der Waals surface area (Å²) >= 11 is 24.0. The van der Waals surface area contributed by atoms with Gasteiger partial charge in [-0.15, -0.1) is 0 Å². The van der Waals surface area contributed by atoms with Gasteiger partial charge in [-0.05, 0) is 60.3 Å². The molecule has 26 heavy (non-hydrogen) atoms. The van der Waals surface area contributed by atoms with Gasteiger partial charge in [0.1, 0.15) is 0 Å². The number of benzene rings is 2. The molecule has 1 saturated heterocycles. The smallest absolute Gasteiger partial charge is 0.267 e. The summed E-state index contributed by atoms with van der Waals surface area (Å²) in [5.74, 6) is -0.887.